The Hall–Kier alpha value is -2.67. The molecule has 0 aliphatic carbocycles. The number of nitrogens with zero attached hydrogens (tertiary/aromatic N) is 3. The van der Waals surface area contributed by atoms with Crippen LogP contribution in [0.5, 0.6) is 0 Å². The van der Waals surface area contributed by atoms with Crippen LogP contribution in [-0.4, -0.2) is 53.1 Å². The number of nitrogens with one attached hydrogen (secondary N) is 3. The number of hydrogen-bond donors (Lipinski definition) is 3. The summed E-state index contributed by atoms with van der Waals surface area (Å²) in [5, 5.41) is 9.05. The van der Waals surface area contributed by atoms with E-state index >= 15 is 0 Å². The number of carbonyl (C=O) groups is 1. The van der Waals surface area contributed by atoms with Gasteiger partial charge in [0.05, 0.1) is 6.20 Å². The van der Waals surface area contributed by atoms with Crippen molar-refractivity contribution in [2.45, 2.75) is 25.4 Å². The maximum Gasteiger partial charge on any atom is 0.315 e. The summed E-state index contributed by atoms with van der Waals surface area (Å²) in [6.45, 7) is 5.22. The standard InChI is InChI=1S/C19H26N6O/c1-15(16-5-3-2-4-6-16)25-12-7-17(14-25)24-19(26)23-11-10-22-18-13-20-8-9-21-18/h2-6,8-9,13,15,17H,7,10-12,14H2,1H3,(H,21,22)(H2,23,24,26)/t15-,17+/m0/s1. The lowest BCUT2D eigenvalue weighted by molar-refractivity contribution is 0.232. The average molecular weight is 354 g/mol. The zero-order valence-electron chi connectivity index (χ0n) is 15.1. The molecule has 7 heteroatoms. The molecule has 1 aliphatic rings. The minimum absolute atomic E-state index is 0.120. The highest BCUT2D eigenvalue weighted by molar-refractivity contribution is 5.74. The van der Waals surface area contributed by atoms with Crippen molar-refractivity contribution in [3.8, 4) is 0 Å². The number of amides is 2. The first-order valence-electron chi connectivity index (χ1n) is 9.05. The molecule has 1 fully saturated rings. The highest BCUT2D eigenvalue weighted by Crippen LogP contribution is 2.24. The van der Waals surface area contributed by atoms with Gasteiger partial charge in [-0.25, -0.2) is 9.78 Å². The lowest BCUT2D eigenvalue weighted by Crippen LogP contribution is -2.44. The van der Waals surface area contributed by atoms with Crippen LogP contribution in [0.1, 0.15) is 24.9 Å². The minimum atomic E-state index is -0.120. The van der Waals surface area contributed by atoms with E-state index in [9.17, 15) is 4.79 Å². The van der Waals surface area contributed by atoms with E-state index in [1.807, 2.05) is 6.07 Å². The normalized spacial score (nSPS) is 18.3. The van der Waals surface area contributed by atoms with Crippen LogP contribution >= 0.6 is 0 Å². The number of urea groups is 1. The van der Waals surface area contributed by atoms with Gasteiger partial charge in [0.25, 0.3) is 0 Å². The zero-order valence-corrected chi connectivity index (χ0v) is 15.1. The van der Waals surface area contributed by atoms with Crippen molar-refractivity contribution < 1.29 is 4.79 Å². The highest BCUT2D eigenvalue weighted by Gasteiger charge is 2.27. The van der Waals surface area contributed by atoms with Crippen molar-refractivity contribution in [1.29, 1.82) is 0 Å². The number of hydrogen-bond acceptors (Lipinski definition) is 5. The molecule has 2 heterocycles. The molecule has 138 valence electrons. The first-order valence-corrected chi connectivity index (χ1v) is 9.05. The molecule has 0 radical (unpaired) electrons. The van der Waals surface area contributed by atoms with Crippen LogP contribution in [0.4, 0.5) is 10.6 Å². The lowest BCUT2D eigenvalue weighted by Gasteiger charge is -2.24. The summed E-state index contributed by atoms with van der Waals surface area (Å²) in [6, 6.07) is 10.9. The van der Waals surface area contributed by atoms with Gasteiger partial charge in [0, 0.05) is 50.7 Å². The summed E-state index contributed by atoms with van der Waals surface area (Å²) in [4.78, 5) is 22.6. The lowest BCUT2D eigenvalue weighted by atomic mass is 10.1. The van der Waals surface area contributed by atoms with Crippen LogP contribution in [0, 0.1) is 0 Å². The van der Waals surface area contributed by atoms with Crippen LogP contribution in [0.3, 0.4) is 0 Å². The topological polar surface area (TPSA) is 82.2 Å². The third-order valence-corrected chi connectivity index (χ3v) is 4.66. The van der Waals surface area contributed by atoms with Crippen molar-refractivity contribution in [3.05, 3.63) is 54.5 Å². The van der Waals surface area contributed by atoms with Crippen molar-refractivity contribution in [3.63, 3.8) is 0 Å². The third kappa shape index (κ3) is 5.16. The summed E-state index contributed by atoms with van der Waals surface area (Å²) < 4.78 is 0. The van der Waals surface area contributed by atoms with E-state index in [1.54, 1.807) is 18.6 Å². The number of carbonyl (C=O) groups excluding carboxylic acids is 1. The second-order valence-corrected chi connectivity index (χ2v) is 6.48. The van der Waals surface area contributed by atoms with E-state index in [4.69, 9.17) is 0 Å². The fourth-order valence-electron chi connectivity index (χ4n) is 3.19. The van der Waals surface area contributed by atoms with Crippen LogP contribution in [0.25, 0.3) is 0 Å². The van der Waals surface area contributed by atoms with Crippen LogP contribution in [0.15, 0.2) is 48.9 Å². The van der Waals surface area contributed by atoms with E-state index in [0.29, 0.717) is 24.9 Å². The molecule has 1 aromatic heterocycles. The van der Waals surface area contributed by atoms with E-state index in [-0.39, 0.29) is 12.1 Å². The molecule has 26 heavy (non-hydrogen) atoms. The van der Waals surface area contributed by atoms with Gasteiger partial charge in [-0.05, 0) is 18.9 Å². The molecule has 2 aromatic rings. The minimum Gasteiger partial charge on any atom is -0.367 e. The Kier molecular flexibility index (Phi) is 6.38. The fraction of sp³-hybridized carbons (Fsp3) is 0.421. The molecule has 0 spiro atoms. The van der Waals surface area contributed by atoms with Crippen LogP contribution in [0.2, 0.25) is 0 Å². The first kappa shape index (κ1) is 18.1. The van der Waals surface area contributed by atoms with Crippen molar-refractivity contribution in [2.75, 3.05) is 31.5 Å². The number of anilines is 1. The molecule has 0 bridgehead atoms. The molecule has 0 saturated carbocycles. The summed E-state index contributed by atoms with van der Waals surface area (Å²) in [7, 11) is 0. The van der Waals surface area contributed by atoms with Gasteiger partial charge in [0.2, 0.25) is 0 Å². The van der Waals surface area contributed by atoms with E-state index in [0.717, 1.165) is 19.5 Å². The molecule has 2 amide bonds. The van der Waals surface area contributed by atoms with Crippen molar-refractivity contribution in [1.82, 2.24) is 25.5 Å². The molecular weight excluding hydrogens is 328 g/mol. The summed E-state index contributed by atoms with van der Waals surface area (Å²) in [5.74, 6) is 0.705. The van der Waals surface area contributed by atoms with Gasteiger partial charge in [-0.2, -0.15) is 0 Å². The number of likely N-dealkylation sites (tertiary alicyclic amines) is 1. The largest absolute Gasteiger partial charge is 0.367 e. The predicted octanol–water partition coefficient (Wildman–Crippen LogP) is 2.02. The Balaban J connectivity index is 1.35. The van der Waals surface area contributed by atoms with Crippen LogP contribution in [-0.2, 0) is 0 Å². The monoisotopic (exact) mass is 354 g/mol. The van der Waals surface area contributed by atoms with Gasteiger partial charge < -0.3 is 16.0 Å². The molecule has 2 atom stereocenters. The maximum atomic E-state index is 12.1. The van der Waals surface area contributed by atoms with Gasteiger partial charge in [-0.3, -0.25) is 9.88 Å². The van der Waals surface area contributed by atoms with Gasteiger partial charge >= 0.3 is 6.03 Å². The Morgan fingerprint density at radius 2 is 2.12 bits per heavy atom. The second kappa shape index (κ2) is 9.15. The van der Waals surface area contributed by atoms with Gasteiger partial charge in [-0.1, -0.05) is 30.3 Å². The van der Waals surface area contributed by atoms with Crippen molar-refractivity contribution in [2.24, 2.45) is 0 Å². The highest BCUT2D eigenvalue weighted by atomic mass is 16.2. The summed E-state index contributed by atoms with van der Waals surface area (Å²) in [5.41, 5.74) is 1.31. The number of benzene rings is 1. The Bertz CT molecular complexity index is 681. The maximum absolute atomic E-state index is 12.1. The first-order chi connectivity index (χ1) is 12.7. The molecule has 1 saturated heterocycles. The molecular formula is C19H26N6O. The van der Waals surface area contributed by atoms with E-state index in [2.05, 4.69) is 62.0 Å². The SMILES string of the molecule is C[C@@H](c1ccccc1)N1CC[C@@H](NC(=O)NCCNc2cnccn2)C1. The van der Waals surface area contributed by atoms with Gasteiger partial charge in [0.15, 0.2) is 0 Å². The molecule has 1 aliphatic heterocycles. The molecule has 7 nitrogen and oxygen atoms in total. The van der Waals surface area contributed by atoms with Crippen molar-refractivity contribution >= 4 is 11.8 Å². The molecule has 3 N–H and O–H groups in total. The molecule has 0 unspecified atom stereocenters. The quantitative estimate of drug-likeness (QED) is 0.663. The second-order valence-electron chi connectivity index (χ2n) is 6.48. The van der Waals surface area contributed by atoms with Crippen LogP contribution < -0.4 is 16.0 Å². The molecule has 3 rings (SSSR count). The molecule has 1 aromatic carbocycles. The Morgan fingerprint density at radius 1 is 1.27 bits per heavy atom. The van der Waals surface area contributed by atoms with Gasteiger partial charge in [-0.15, -0.1) is 0 Å². The van der Waals surface area contributed by atoms with E-state index in [1.165, 1.54) is 5.56 Å². The third-order valence-electron chi connectivity index (χ3n) is 4.66. The predicted molar refractivity (Wildman–Crippen MR) is 102 cm³/mol. The summed E-state index contributed by atoms with van der Waals surface area (Å²) in [6.07, 6.45) is 5.88. The summed E-state index contributed by atoms with van der Waals surface area (Å²) >= 11 is 0. The van der Waals surface area contributed by atoms with Gasteiger partial charge in [0.1, 0.15) is 5.82 Å². The number of aromatic nitrogens is 2. The fourth-order valence-corrected chi connectivity index (χ4v) is 3.19. The zero-order chi connectivity index (χ0) is 18.2. The Morgan fingerprint density at radius 3 is 2.88 bits per heavy atom. The smallest absolute Gasteiger partial charge is 0.315 e. The Labute approximate surface area is 154 Å². The average Bonchev–Trinajstić information content (AvgIpc) is 3.14. The van der Waals surface area contributed by atoms with E-state index < -0.39 is 0 Å². The number of rotatable bonds is 7.